The Kier molecular flexibility index (Phi) is 7.14. The summed E-state index contributed by atoms with van der Waals surface area (Å²) in [5.41, 5.74) is -0.142. The zero-order valence-electron chi connectivity index (χ0n) is 7.93. The molecule has 0 aromatic carbocycles. The quantitative estimate of drug-likeness (QED) is 0.480. The van der Waals surface area contributed by atoms with Crippen molar-refractivity contribution in [2.75, 3.05) is 13.7 Å². The van der Waals surface area contributed by atoms with Crippen LogP contribution in [0.1, 0.15) is 0 Å². The Labute approximate surface area is 115 Å². The Hall–Kier alpha value is -0.170. The molecule has 92 valence electrons. The van der Waals surface area contributed by atoms with Crippen LogP contribution in [0.5, 0.6) is 0 Å². The molecule has 0 aliphatic heterocycles. The van der Waals surface area contributed by atoms with Crippen LogP contribution in [0.2, 0.25) is 0 Å². The number of ether oxygens (including phenoxy) is 2. The first kappa shape index (κ1) is 15.8. The van der Waals surface area contributed by atoms with Crippen LogP contribution in [0, 0.1) is 0 Å². The SMILES string of the molecule is COC(=O)C(=CBr)NC(=O)OCC(Cl)(Cl)Cl. The second-order valence-corrected chi connectivity index (χ2v) is 5.30. The Balaban J connectivity index is 4.19. The van der Waals surface area contributed by atoms with Crippen LogP contribution in [-0.4, -0.2) is 29.6 Å². The van der Waals surface area contributed by atoms with Crippen LogP contribution in [0.4, 0.5) is 4.79 Å². The van der Waals surface area contributed by atoms with Crippen molar-refractivity contribution in [3.05, 3.63) is 10.7 Å². The number of alkyl halides is 3. The van der Waals surface area contributed by atoms with E-state index in [-0.39, 0.29) is 5.70 Å². The van der Waals surface area contributed by atoms with Crippen molar-refractivity contribution < 1.29 is 19.1 Å². The van der Waals surface area contributed by atoms with E-state index in [1.165, 1.54) is 0 Å². The van der Waals surface area contributed by atoms with Crippen molar-refractivity contribution in [3.8, 4) is 0 Å². The molecule has 0 aliphatic carbocycles. The van der Waals surface area contributed by atoms with E-state index in [0.29, 0.717) is 0 Å². The van der Waals surface area contributed by atoms with Crippen LogP contribution in [0.25, 0.3) is 0 Å². The van der Waals surface area contributed by atoms with Crippen LogP contribution in [-0.2, 0) is 14.3 Å². The lowest BCUT2D eigenvalue weighted by atomic mass is 10.5. The molecule has 5 nitrogen and oxygen atoms in total. The number of carbonyl (C=O) groups is 2. The molecule has 0 saturated carbocycles. The largest absolute Gasteiger partial charge is 0.464 e. The van der Waals surface area contributed by atoms with Gasteiger partial charge in [0.15, 0.2) is 0 Å². The minimum absolute atomic E-state index is 0.142. The van der Waals surface area contributed by atoms with Crippen molar-refractivity contribution in [2.45, 2.75) is 3.79 Å². The van der Waals surface area contributed by atoms with Gasteiger partial charge in [0, 0.05) is 4.99 Å². The maximum Gasteiger partial charge on any atom is 0.411 e. The summed E-state index contributed by atoms with van der Waals surface area (Å²) in [5.74, 6) is -0.747. The average molecular weight is 355 g/mol. The molecule has 0 aliphatic rings. The molecule has 16 heavy (non-hydrogen) atoms. The summed E-state index contributed by atoms with van der Waals surface area (Å²) in [5, 5.41) is 2.09. The molecule has 0 atom stereocenters. The molecular weight excluding hydrogens is 348 g/mol. The van der Waals surface area contributed by atoms with E-state index < -0.39 is 22.5 Å². The Morgan fingerprint density at radius 3 is 2.38 bits per heavy atom. The zero-order valence-corrected chi connectivity index (χ0v) is 11.8. The predicted molar refractivity (Wildman–Crippen MR) is 63.8 cm³/mol. The van der Waals surface area contributed by atoms with E-state index in [2.05, 4.69) is 30.7 Å². The summed E-state index contributed by atoms with van der Waals surface area (Å²) in [7, 11) is 1.16. The molecular formula is C7H7BrCl3NO4. The molecule has 1 amide bonds. The third-order valence-corrected chi connectivity index (χ3v) is 1.90. The maximum atomic E-state index is 11.1. The summed E-state index contributed by atoms with van der Waals surface area (Å²) >= 11 is 18.9. The molecule has 0 unspecified atom stereocenters. The molecule has 0 aromatic heterocycles. The average Bonchev–Trinajstić information content (AvgIpc) is 2.21. The molecule has 0 heterocycles. The Morgan fingerprint density at radius 2 is 2.00 bits per heavy atom. The van der Waals surface area contributed by atoms with Crippen LogP contribution >= 0.6 is 50.7 Å². The number of rotatable bonds is 3. The van der Waals surface area contributed by atoms with Crippen LogP contribution < -0.4 is 5.32 Å². The Bertz CT molecular complexity index is 302. The second kappa shape index (κ2) is 7.21. The topological polar surface area (TPSA) is 64.6 Å². The molecule has 0 aromatic rings. The van der Waals surface area contributed by atoms with E-state index in [9.17, 15) is 9.59 Å². The molecule has 1 N–H and O–H groups in total. The molecule has 0 rings (SSSR count). The summed E-state index contributed by atoms with van der Waals surface area (Å²) in [6.45, 7) is -0.444. The number of hydrogen-bond acceptors (Lipinski definition) is 4. The van der Waals surface area contributed by atoms with Gasteiger partial charge in [0.2, 0.25) is 3.79 Å². The lowest BCUT2D eigenvalue weighted by Gasteiger charge is -2.12. The fourth-order valence-electron chi connectivity index (χ4n) is 0.526. The number of carbonyl (C=O) groups excluding carboxylic acids is 2. The highest BCUT2D eigenvalue weighted by molar-refractivity contribution is 9.11. The normalized spacial score (nSPS) is 11.9. The summed E-state index contributed by atoms with van der Waals surface area (Å²) in [6, 6.07) is 0. The van der Waals surface area contributed by atoms with Gasteiger partial charge < -0.3 is 9.47 Å². The Morgan fingerprint density at radius 1 is 1.44 bits per heavy atom. The molecule has 0 spiro atoms. The zero-order chi connectivity index (χ0) is 12.8. The standard InChI is InChI=1S/C7H7BrCl3NO4/c1-15-5(13)4(2-8)12-6(14)16-3-7(9,10)11/h2H,3H2,1H3,(H,12,14). The number of nitrogens with one attached hydrogen (secondary N) is 1. The number of halogens is 4. The summed E-state index contributed by atoms with van der Waals surface area (Å²) < 4.78 is 7.17. The highest BCUT2D eigenvalue weighted by Gasteiger charge is 2.23. The van der Waals surface area contributed by atoms with Crippen molar-refractivity contribution in [3.63, 3.8) is 0 Å². The smallest absolute Gasteiger partial charge is 0.411 e. The fraction of sp³-hybridized carbons (Fsp3) is 0.429. The second-order valence-electron chi connectivity index (χ2n) is 2.33. The van der Waals surface area contributed by atoms with Gasteiger partial charge in [-0.05, 0) is 0 Å². The monoisotopic (exact) mass is 353 g/mol. The number of methoxy groups -OCH3 is 1. The molecule has 0 radical (unpaired) electrons. The van der Waals surface area contributed by atoms with E-state index in [4.69, 9.17) is 34.8 Å². The lowest BCUT2D eigenvalue weighted by Crippen LogP contribution is -2.30. The van der Waals surface area contributed by atoms with Gasteiger partial charge in [0.25, 0.3) is 0 Å². The number of esters is 1. The van der Waals surface area contributed by atoms with Crippen molar-refractivity contribution >= 4 is 62.8 Å². The highest BCUT2D eigenvalue weighted by Crippen LogP contribution is 2.25. The van der Waals surface area contributed by atoms with Crippen molar-refractivity contribution in [1.82, 2.24) is 5.32 Å². The number of amides is 1. The van der Waals surface area contributed by atoms with E-state index in [0.717, 1.165) is 12.1 Å². The van der Waals surface area contributed by atoms with E-state index in [1.54, 1.807) is 0 Å². The van der Waals surface area contributed by atoms with Gasteiger partial charge in [0.1, 0.15) is 12.3 Å². The molecule has 0 fully saturated rings. The minimum Gasteiger partial charge on any atom is -0.464 e. The highest BCUT2D eigenvalue weighted by atomic mass is 79.9. The number of hydrogen-bond donors (Lipinski definition) is 1. The molecule has 0 saturated heterocycles. The van der Waals surface area contributed by atoms with E-state index in [1.807, 2.05) is 0 Å². The maximum absolute atomic E-state index is 11.1. The van der Waals surface area contributed by atoms with Crippen LogP contribution in [0.15, 0.2) is 10.7 Å². The summed E-state index contributed by atoms with van der Waals surface area (Å²) in [4.78, 5) is 23.3. The third-order valence-electron chi connectivity index (χ3n) is 1.12. The van der Waals surface area contributed by atoms with Gasteiger partial charge >= 0.3 is 12.1 Å². The van der Waals surface area contributed by atoms with Crippen molar-refractivity contribution in [2.24, 2.45) is 0 Å². The first-order valence-electron chi connectivity index (χ1n) is 3.69. The lowest BCUT2D eigenvalue weighted by molar-refractivity contribution is -0.136. The fourth-order valence-corrected chi connectivity index (χ4v) is 0.991. The van der Waals surface area contributed by atoms with Gasteiger partial charge in [-0.15, -0.1) is 0 Å². The number of alkyl carbamates (subject to hydrolysis) is 1. The van der Waals surface area contributed by atoms with Crippen molar-refractivity contribution in [1.29, 1.82) is 0 Å². The third kappa shape index (κ3) is 7.16. The van der Waals surface area contributed by atoms with Gasteiger partial charge in [-0.25, -0.2) is 9.59 Å². The van der Waals surface area contributed by atoms with Gasteiger partial charge in [-0.2, -0.15) is 0 Å². The molecule has 9 heteroatoms. The summed E-state index contributed by atoms with van der Waals surface area (Å²) in [6.07, 6.45) is -0.942. The van der Waals surface area contributed by atoms with Gasteiger partial charge in [0.05, 0.1) is 7.11 Å². The van der Waals surface area contributed by atoms with E-state index >= 15 is 0 Å². The first-order chi connectivity index (χ1) is 7.30. The minimum atomic E-state index is -1.71. The van der Waals surface area contributed by atoms with Crippen LogP contribution in [0.3, 0.4) is 0 Å². The van der Waals surface area contributed by atoms with Gasteiger partial charge in [-0.1, -0.05) is 50.7 Å². The first-order valence-corrected chi connectivity index (χ1v) is 5.74. The predicted octanol–water partition coefficient (Wildman–Crippen LogP) is 2.49. The van der Waals surface area contributed by atoms with Gasteiger partial charge in [-0.3, -0.25) is 5.32 Å². The molecule has 0 bridgehead atoms.